The number of ether oxygens (including phenoxy) is 1. The van der Waals surface area contributed by atoms with Crippen LogP contribution in [0.1, 0.15) is 5.56 Å². The first-order valence-electron chi connectivity index (χ1n) is 5.66. The monoisotopic (exact) mass is 238 g/mol. The molecule has 2 aliphatic rings. The van der Waals surface area contributed by atoms with Gasteiger partial charge in [0.1, 0.15) is 11.5 Å². The molecule has 2 aromatic carbocycles. The van der Waals surface area contributed by atoms with E-state index >= 15 is 0 Å². The average Bonchev–Trinajstić information content (AvgIpc) is 2.85. The molecule has 2 aromatic rings. The van der Waals surface area contributed by atoms with E-state index in [2.05, 4.69) is 30.4 Å². The number of hydrogen-bond acceptors (Lipinski definition) is 2. The van der Waals surface area contributed by atoms with Gasteiger partial charge in [0.05, 0.1) is 0 Å². The van der Waals surface area contributed by atoms with E-state index in [1.54, 1.807) is 0 Å². The predicted octanol–water partition coefficient (Wildman–Crippen LogP) is 2.51. The van der Waals surface area contributed by atoms with E-state index in [-0.39, 0.29) is 0 Å². The minimum Gasteiger partial charge on any atom is -0.456 e. The van der Waals surface area contributed by atoms with Crippen LogP contribution in [0.5, 0.6) is 11.5 Å². The number of rotatable bonds is 0. The normalized spacial score (nSPS) is 14.8. The van der Waals surface area contributed by atoms with Crippen LogP contribution in [-0.4, -0.2) is 5.75 Å². The maximum Gasteiger partial charge on any atom is 0.135 e. The summed E-state index contributed by atoms with van der Waals surface area (Å²) in [6.45, 7) is 0. The molecule has 0 radical (unpaired) electrons. The standard InChI is InChI=1S/C15H10OS/c1-2-4-13-10(3-1)9-12-11-7-8-17-15(11)6-5-14(12)16-13/h1-7,9H,8H2. The second-order valence-corrected chi connectivity index (χ2v) is 5.25. The van der Waals surface area contributed by atoms with Crippen molar-refractivity contribution in [1.29, 1.82) is 0 Å². The molecule has 0 saturated carbocycles. The van der Waals surface area contributed by atoms with E-state index in [1.807, 2.05) is 30.0 Å². The average molecular weight is 238 g/mol. The van der Waals surface area contributed by atoms with E-state index in [1.165, 1.54) is 20.9 Å². The maximum absolute atomic E-state index is 5.94. The van der Waals surface area contributed by atoms with Gasteiger partial charge in [0.25, 0.3) is 0 Å². The summed E-state index contributed by atoms with van der Waals surface area (Å²) >= 11 is 1.89. The molecular weight excluding hydrogens is 228 g/mol. The van der Waals surface area contributed by atoms with E-state index in [0.29, 0.717) is 0 Å². The van der Waals surface area contributed by atoms with Crippen LogP contribution in [0.2, 0.25) is 0 Å². The van der Waals surface area contributed by atoms with Crippen LogP contribution in [0.25, 0.3) is 12.2 Å². The topological polar surface area (TPSA) is 9.23 Å². The SMILES string of the molecule is C1=c2c(ccc3c2=CCS3)Oc2ccccc21. The van der Waals surface area contributed by atoms with Gasteiger partial charge in [-0.3, -0.25) is 0 Å². The largest absolute Gasteiger partial charge is 0.456 e. The molecule has 17 heavy (non-hydrogen) atoms. The lowest BCUT2D eigenvalue weighted by Crippen LogP contribution is -2.28. The van der Waals surface area contributed by atoms with Crippen LogP contribution in [-0.2, 0) is 0 Å². The quantitative estimate of drug-likeness (QED) is 0.595. The molecular formula is C15H10OS. The van der Waals surface area contributed by atoms with E-state index < -0.39 is 0 Å². The van der Waals surface area contributed by atoms with Crippen molar-refractivity contribution in [3.63, 3.8) is 0 Å². The third kappa shape index (κ3) is 1.34. The molecule has 0 atom stereocenters. The van der Waals surface area contributed by atoms with Crippen LogP contribution in [0.3, 0.4) is 0 Å². The molecule has 2 heterocycles. The molecule has 0 saturated heterocycles. The predicted molar refractivity (Wildman–Crippen MR) is 71.0 cm³/mol. The zero-order chi connectivity index (χ0) is 11.2. The molecule has 0 fully saturated rings. The second-order valence-electron chi connectivity index (χ2n) is 4.19. The Morgan fingerprint density at radius 1 is 0.941 bits per heavy atom. The van der Waals surface area contributed by atoms with E-state index in [0.717, 1.165) is 17.3 Å². The number of para-hydroxylation sites is 1. The van der Waals surface area contributed by atoms with Gasteiger partial charge in [-0.05, 0) is 29.5 Å². The lowest BCUT2D eigenvalue weighted by Gasteiger charge is -2.15. The molecule has 0 bridgehead atoms. The fourth-order valence-electron chi connectivity index (χ4n) is 2.35. The first-order valence-corrected chi connectivity index (χ1v) is 6.65. The zero-order valence-corrected chi connectivity index (χ0v) is 9.96. The summed E-state index contributed by atoms with van der Waals surface area (Å²) in [7, 11) is 0. The Labute approximate surface area is 103 Å². The second kappa shape index (κ2) is 3.41. The minimum absolute atomic E-state index is 0.950. The lowest BCUT2D eigenvalue weighted by molar-refractivity contribution is 0.472. The van der Waals surface area contributed by atoms with Crippen LogP contribution >= 0.6 is 11.8 Å². The highest BCUT2D eigenvalue weighted by molar-refractivity contribution is 7.99. The number of hydrogen-bond donors (Lipinski definition) is 0. The van der Waals surface area contributed by atoms with Crippen molar-refractivity contribution in [2.75, 3.05) is 5.75 Å². The van der Waals surface area contributed by atoms with Gasteiger partial charge in [0, 0.05) is 21.4 Å². The number of benzene rings is 2. The molecule has 82 valence electrons. The first-order chi connectivity index (χ1) is 8.42. The summed E-state index contributed by atoms with van der Waals surface area (Å²) < 4.78 is 5.94. The minimum atomic E-state index is 0.950. The highest BCUT2D eigenvalue weighted by Gasteiger charge is 2.14. The molecule has 0 unspecified atom stereocenters. The van der Waals surface area contributed by atoms with Gasteiger partial charge in [-0.15, -0.1) is 11.8 Å². The lowest BCUT2D eigenvalue weighted by atomic mass is 10.1. The third-order valence-electron chi connectivity index (χ3n) is 3.17. The molecule has 2 heteroatoms. The van der Waals surface area contributed by atoms with Crippen molar-refractivity contribution < 1.29 is 4.74 Å². The van der Waals surface area contributed by atoms with Crippen molar-refractivity contribution in [3.05, 3.63) is 52.4 Å². The Hall–Kier alpha value is -1.67. The number of thioether (sulfide) groups is 1. The van der Waals surface area contributed by atoms with Gasteiger partial charge < -0.3 is 4.74 Å². The Bertz CT molecular complexity index is 731. The molecule has 0 N–H and O–H groups in total. The molecule has 2 aliphatic heterocycles. The fourth-order valence-corrected chi connectivity index (χ4v) is 3.29. The molecule has 0 spiro atoms. The van der Waals surface area contributed by atoms with Gasteiger partial charge in [-0.1, -0.05) is 24.3 Å². The van der Waals surface area contributed by atoms with E-state index in [4.69, 9.17) is 4.74 Å². The smallest absolute Gasteiger partial charge is 0.135 e. The summed E-state index contributed by atoms with van der Waals surface area (Å²) in [5.41, 5.74) is 1.17. The first kappa shape index (κ1) is 9.37. The highest BCUT2D eigenvalue weighted by atomic mass is 32.2. The van der Waals surface area contributed by atoms with Crippen molar-refractivity contribution in [2.24, 2.45) is 0 Å². The van der Waals surface area contributed by atoms with Gasteiger partial charge in [-0.25, -0.2) is 0 Å². The summed E-state index contributed by atoms with van der Waals surface area (Å²) in [6, 6.07) is 12.4. The summed E-state index contributed by atoms with van der Waals surface area (Å²) in [4.78, 5) is 1.36. The summed E-state index contributed by atoms with van der Waals surface area (Å²) in [5, 5.41) is 2.56. The fraction of sp³-hybridized carbons (Fsp3) is 0.0667. The van der Waals surface area contributed by atoms with Crippen LogP contribution in [0.15, 0.2) is 41.3 Å². The molecule has 0 aliphatic carbocycles. The van der Waals surface area contributed by atoms with Crippen molar-refractivity contribution in [3.8, 4) is 11.5 Å². The van der Waals surface area contributed by atoms with Crippen LogP contribution in [0, 0.1) is 0 Å². The molecule has 4 rings (SSSR count). The third-order valence-corrected chi connectivity index (χ3v) is 4.17. The van der Waals surface area contributed by atoms with Gasteiger partial charge in [-0.2, -0.15) is 0 Å². The Balaban J connectivity index is 2.12. The van der Waals surface area contributed by atoms with Gasteiger partial charge in [0.15, 0.2) is 0 Å². The summed E-state index contributed by atoms with van der Waals surface area (Å²) in [5.74, 6) is 2.99. The maximum atomic E-state index is 5.94. The van der Waals surface area contributed by atoms with Crippen molar-refractivity contribution in [1.82, 2.24) is 0 Å². The molecule has 1 nitrogen and oxygen atoms in total. The Morgan fingerprint density at radius 3 is 2.88 bits per heavy atom. The number of fused-ring (bicyclic) bond motifs is 4. The highest BCUT2D eigenvalue weighted by Crippen LogP contribution is 2.28. The molecule has 0 aromatic heterocycles. The Morgan fingerprint density at radius 2 is 1.88 bits per heavy atom. The Kier molecular flexibility index (Phi) is 1.88. The van der Waals surface area contributed by atoms with Gasteiger partial charge >= 0.3 is 0 Å². The van der Waals surface area contributed by atoms with Crippen LogP contribution in [0.4, 0.5) is 0 Å². The molecule has 0 amide bonds. The van der Waals surface area contributed by atoms with Gasteiger partial charge in [0.2, 0.25) is 0 Å². The summed E-state index contributed by atoms with van der Waals surface area (Å²) in [6.07, 6.45) is 4.52. The van der Waals surface area contributed by atoms with Crippen LogP contribution < -0.4 is 15.2 Å². The van der Waals surface area contributed by atoms with E-state index in [9.17, 15) is 0 Å². The van der Waals surface area contributed by atoms with Crippen molar-refractivity contribution in [2.45, 2.75) is 4.90 Å². The zero-order valence-electron chi connectivity index (χ0n) is 9.14. The van der Waals surface area contributed by atoms with Crippen molar-refractivity contribution >= 4 is 23.9 Å².